The van der Waals surface area contributed by atoms with E-state index in [1.807, 2.05) is 35.0 Å². The highest BCUT2D eigenvalue weighted by molar-refractivity contribution is 7.92. The molecule has 5 N–H and O–H groups in total. The molecular weight excluding hydrogens is 653 g/mol. The summed E-state index contributed by atoms with van der Waals surface area (Å²) in [6.45, 7) is 5.15. The van der Waals surface area contributed by atoms with Crippen LogP contribution in [0.4, 0.5) is 18.9 Å². The average molecular weight is 691 g/mol. The summed E-state index contributed by atoms with van der Waals surface area (Å²) >= 11 is 0. The lowest BCUT2D eigenvalue weighted by atomic mass is 9.99. The molecule has 0 saturated carbocycles. The number of aryl methyl sites for hydroxylation is 2. The molecule has 0 fully saturated rings. The monoisotopic (exact) mass is 690 g/mol. The molecule has 11 nitrogen and oxygen atoms in total. The number of imidazole rings is 1. The number of carboxylic acid groups (broad SMARTS) is 2. The van der Waals surface area contributed by atoms with E-state index in [9.17, 15) is 31.5 Å². The molecule has 1 atom stereocenters. The molecule has 0 aliphatic rings. The van der Waals surface area contributed by atoms with Crippen LogP contribution in [0.15, 0.2) is 96.3 Å². The van der Waals surface area contributed by atoms with Crippen LogP contribution >= 0.6 is 0 Å². The van der Waals surface area contributed by atoms with Gasteiger partial charge in [-0.1, -0.05) is 54.6 Å². The lowest BCUT2D eigenvalue weighted by Gasteiger charge is -2.28. The van der Waals surface area contributed by atoms with Crippen molar-refractivity contribution in [1.29, 1.82) is 0 Å². The Hall–Kier alpha value is -4.73. The number of nitrogens with zero attached hydrogens (tertiary/aromatic N) is 2. The molecule has 1 unspecified atom stereocenters. The van der Waals surface area contributed by atoms with Crippen LogP contribution in [0.3, 0.4) is 0 Å². The molecule has 0 aliphatic heterocycles. The van der Waals surface area contributed by atoms with Gasteiger partial charge in [-0.25, -0.2) is 18.2 Å². The van der Waals surface area contributed by atoms with Gasteiger partial charge in [0.15, 0.2) is 0 Å². The number of halogens is 3. The van der Waals surface area contributed by atoms with Crippen LogP contribution in [0, 0.1) is 0 Å². The lowest BCUT2D eigenvalue weighted by molar-refractivity contribution is -0.192. The number of aliphatic hydroxyl groups is 1. The quantitative estimate of drug-likeness (QED) is 0.115. The number of nitrogens with one attached hydrogen (secondary N) is 2. The first kappa shape index (κ1) is 37.7. The number of aliphatic hydroxyl groups excluding tert-OH is 1. The van der Waals surface area contributed by atoms with Gasteiger partial charge in [-0.3, -0.25) is 9.52 Å². The van der Waals surface area contributed by atoms with E-state index in [4.69, 9.17) is 15.0 Å². The minimum absolute atomic E-state index is 0.109. The first-order valence-corrected chi connectivity index (χ1v) is 16.2. The SMILES string of the molecule is CC(C)(CCn1cnc(-c2ccc(CCC(=O)O)cc2)c1)NCC(O)c1cccc(NS(=O)(=O)c2ccccc2)c1.O=C(O)C(F)(F)F. The Balaban J connectivity index is 0.000000804. The second-order valence-electron chi connectivity index (χ2n) is 11.5. The molecule has 4 aromatic rings. The average Bonchev–Trinajstić information content (AvgIpc) is 3.51. The van der Waals surface area contributed by atoms with Crippen molar-refractivity contribution >= 4 is 27.6 Å². The predicted octanol–water partition coefficient (Wildman–Crippen LogP) is 5.49. The minimum Gasteiger partial charge on any atom is -0.481 e. The largest absolute Gasteiger partial charge is 0.490 e. The number of β-amino-alcohol motifs (C(OH)–C–C–N with tert-alkyl or cyclic N) is 1. The van der Waals surface area contributed by atoms with Crippen LogP contribution in [0.5, 0.6) is 0 Å². The second kappa shape index (κ2) is 16.4. The number of aromatic nitrogens is 2. The van der Waals surface area contributed by atoms with E-state index in [0.29, 0.717) is 24.2 Å². The Labute approximate surface area is 276 Å². The zero-order valence-corrected chi connectivity index (χ0v) is 27.0. The zero-order valence-electron chi connectivity index (χ0n) is 26.2. The summed E-state index contributed by atoms with van der Waals surface area (Å²) in [6.07, 6.45) is -0.745. The van der Waals surface area contributed by atoms with E-state index < -0.39 is 34.2 Å². The van der Waals surface area contributed by atoms with Crippen molar-refractivity contribution in [3.8, 4) is 11.3 Å². The number of sulfonamides is 1. The number of carboxylic acids is 2. The molecule has 48 heavy (non-hydrogen) atoms. The van der Waals surface area contributed by atoms with Gasteiger partial charge in [-0.15, -0.1) is 0 Å². The Bertz CT molecular complexity index is 1760. The van der Waals surface area contributed by atoms with Crippen LogP contribution < -0.4 is 10.0 Å². The second-order valence-corrected chi connectivity index (χ2v) is 13.1. The van der Waals surface area contributed by atoms with Crippen molar-refractivity contribution < 1.29 is 46.5 Å². The third-order valence-corrected chi connectivity index (χ3v) is 8.50. The predicted molar refractivity (Wildman–Crippen MR) is 173 cm³/mol. The summed E-state index contributed by atoms with van der Waals surface area (Å²) in [4.78, 5) is 24.4. The van der Waals surface area contributed by atoms with Gasteiger partial charge in [0.25, 0.3) is 10.0 Å². The molecule has 0 saturated heterocycles. The zero-order chi connectivity index (χ0) is 35.5. The maximum atomic E-state index is 12.7. The summed E-state index contributed by atoms with van der Waals surface area (Å²) in [7, 11) is -3.72. The van der Waals surface area contributed by atoms with E-state index in [1.165, 1.54) is 12.1 Å². The number of anilines is 1. The van der Waals surface area contributed by atoms with Crippen molar-refractivity contribution in [2.45, 2.75) is 62.4 Å². The fourth-order valence-corrected chi connectivity index (χ4v) is 5.41. The van der Waals surface area contributed by atoms with Crippen LogP contribution in [0.1, 0.15) is 43.9 Å². The summed E-state index contributed by atoms with van der Waals surface area (Å²) < 4.78 is 61.7. The van der Waals surface area contributed by atoms with Crippen molar-refractivity contribution in [3.05, 3.63) is 103 Å². The summed E-state index contributed by atoms with van der Waals surface area (Å²) in [6, 6.07) is 22.7. The van der Waals surface area contributed by atoms with Crippen molar-refractivity contribution in [1.82, 2.24) is 14.9 Å². The lowest BCUT2D eigenvalue weighted by Crippen LogP contribution is -2.42. The molecule has 1 aromatic heterocycles. The normalized spacial score (nSPS) is 12.5. The van der Waals surface area contributed by atoms with Gasteiger partial charge >= 0.3 is 18.1 Å². The van der Waals surface area contributed by atoms with Crippen molar-refractivity contribution in [2.24, 2.45) is 0 Å². The minimum atomic E-state index is -5.08. The number of rotatable bonds is 14. The van der Waals surface area contributed by atoms with Crippen LogP contribution in [-0.4, -0.2) is 63.5 Å². The Morgan fingerprint density at radius 2 is 1.60 bits per heavy atom. The molecule has 0 aliphatic carbocycles. The van der Waals surface area contributed by atoms with Gasteiger partial charge in [0.2, 0.25) is 0 Å². The maximum absolute atomic E-state index is 12.7. The fraction of sp³-hybridized carbons (Fsp3) is 0.303. The molecule has 0 spiro atoms. The third-order valence-electron chi connectivity index (χ3n) is 7.10. The number of carbonyl (C=O) groups is 2. The van der Waals surface area contributed by atoms with Crippen LogP contribution in [-0.2, 0) is 32.6 Å². The Morgan fingerprint density at radius 3 is 2.21 bits per heavy atom. The Morgan fingerprint density at radius 1 is 0.958 bits per heavy atom. The Kier molecular flexibility index (Phi) is 12.9. The van der Waals surface area contributed by atoms with E-state index in [2.05, 4.69) is 28.9 Å². The van der Waals surface area contributed by atoms with E-state index in [-0.39, 0.29) is 16.9 Å². The highest BCUT2D eigenvalue weighted by Gasteiger charge is 2.38. The molecule has 0 amide bonds. The van der Waals surface area contributed by atoms with Gasteiger partial charge in [0.05, 0.1) is 23.0 Å². The highest BCUT2D eigenvalue weighted by atomic mass is 32.2. The smallest absolute Gasteiger partial charge is 0.481 e. The molecular formula is C33H37F3N4O7S. The highest BCUT2D eigenvalue weighted by Crippen LogP contribution is 2.23. The summed E-state index contributed by atoms with van der Waals surface area (Å²) in [5.41, 5.74) is 3.50. The molecule has 1 heterocycles. The van der Waals surface area contributed by atoms with Gasteiger partial charge in [-0.05, 0) is 62.1 Å². The van der Waals surface area contributed by atoms with E-state index in [1.54, 1.807) is 48.8 Å². The molecule has 0 radical (unpaired) electrons. The first-order chi connectivity index (χ1) is 22.4. The topological polar surface area (TPSA) is 171 Å². The van der Waals surface area contributed by atoms with Gasteiger partial charge in [0, 0.05) is 42.5 Å². The first-order valence-electron chi connectivity index (χ1n) is 14.7. The number of hydrogen-bond donors (Lipinski definition) is 5. The summed E-state index contributed by atoms with van der Waals surface area (Å²) in [5.74, 6) is -3.56. The molecule has 4 rings (SSSR count). The summed E-state index contributed by atoms with van der Waals surface area (Å²) in [5, 5.41) is 30.2. The van der Waals surface area contributed by atoms with Gasteiger partial charge in [0.1, 0.15) is 0 Å². The van der Waals surface area contributed by atoms with E-state index in [0.717, 1.165) is 29.8 Å². The van der Waals surface area contributed by atoms with Gasteiger partial charge in [-0.2, -0.15) is 13.2 Å². The number of benzene rings is 3. The molecule has 258 valence electrons. The molecule has 3 aromatic carbocycles. The number of alkyl halides is 3. The van der Waals surface area contributed by atoms with Crippen LogP contribution in [0.2, 0.25) is 0 Å². The van der Waals surface area contributed by atoms with Crippen molar-refractivity contribution in [2.75, 3.05) is 11.3 Å². The fourth-order valence-electron chi connectivity index (χ4n) is 4.34. The standard InChI is InChI=1S/C31H36N4O5S.C2HF3O2/c1-31(2,17-18-35-21-28(32-22-35)24-14-11-23(12-15-24)13-16-30(37)38)33-20-29(36)25-7-6-8-26(19-25)34-41(39,40)27-9-4-3-5-10-27;3-2(4,5)1(6)7/h3-12,14-15,19,21-22,29,33-34,36H,13,16-18,20H2,1-2H3,(H,37,38);(H,6,7). The molecule has 15 heteroatoms. The maximum Gasteiger partial charge on any atom is 0.490 e. The van der Waals surface area contributed by atoms with Gasteiger partial charge < -0.3 is 25.2 Å². The van der Waals surface area contributed by atoms with Crippen molar-refractivity contribution in [3.63, 3.8) is 0 Å². The third kappa shape index (κ3) is 12.1. The van der Waals surface area contributed by atoms with E-state index >= 15 is 0 Å². The molecule has 0 bridgehead atoms. The number of aliphatic carboxylic acids is 2. The number of hydrogen-bond acceptors (Lipinski definition) is 7. The van der Waals surface area contributed by atoms with Crippen LogP contribution in [0.25, 0.3) is 11.3 Å².